The number of carbonyl (C=O) groups is 1. The van der Waals surface area contributed by atoms with Gasteiger partial charge in [0, 0.05) is 18.0 Å². The average Bonchev–Trinajstić information content (AvgIpc) is 3.25. The van der Waals surface area contributed by atoms with Crippen LogP contribution in [0.3, 0.4) is 0 Å². The number of hydrogen-bond acceptors (Lipinski definition) is 4. The predicted molar refractivity (Wildman–Crippen MR) is 124 cm³/mol. The summed E-state index contributed by atoms with van der Waals surface area (Å²) in [5.41, 5.74) is 4.24. The fourth-order valence-electron chi connectivity index (χ4n) is 4.78. The molecule has 2 aromatic rings. The van der Waals surface area contributed by atoms with E-state index in [0.29, 0.717) is 19.0 Å². The Hall–Kier alpha value is -2.66. The molecule has 1 atom stereocenters. The smallest absolute Gasteiger partial charge is 0.257 e. The number of ether oxygens (including phenoxy) is 1. The standard InChI is InChI=1S/C26H33N3O2/c1-19-13-15-20(16-14-19)23-17-24(22-11-7-8-12-25(22)31-3)29(27-23)26(30)18-28(2)21-9-5-4-6-10-21/h7-8,11-16,21,24H,4-6,9-10,17-18H2,1-3H3. The summed E-state index contributed by atoms with van der Waals surface area (Å²) in [6.07, 6.45) is 6.86. The Bertz CT molecular complexity index is 932. The van der Waals surface area contributed by atoms with Crippen LogP contribution in [0.25, 0.3) is 0 Å². The van der Waals surface area contributed by atoms with Crippen LogP contribution in [0, 0.1) is 6.92 Å². The molecule has 5 heteroatoms. The van der Waals surface area contributed by atoms with E-state index in [1.54, 1.807) is 12.1 Å². The van der Waals surface area contributed by atoms with Gasteiger partial charge >= 0.3 is 0 Å². The highest BCUT2D eigenvalue weighted by Crippen LogP contribution is 2.37. The highest BCUT2D eigenvalue weighted by atomic mass is 16.5. The first-order valence-corrected chi connectivity index (χ1v) is 11.4. The number of likely N-dealkylation sites (N-methyl/N-ethyl adjacent to an activating group) is 1. The van der Waals surface area contributed by atoms with E-state index in [2.05, 4.69) is 43.1 Å². The lowest BCUT2D eigenvalue weighted by Gasteiger charge is -2.32. The largest absolute Gasteiger partial charge is 0.496 e. The quantitative estimate of drug-likeness (QED) is 0.666. The van der Waals surface area contributed by atoms with Gasteiger partial charge in [0.25, 0.3) is 5.91 Å². The number of amides is 1. The number of para-hydroxylation sites is 1. The minimum Gasteiger partial charge on any atom is -0.496 e. The van der Waals surface area contributed by atoms with Crippen LogP contribution in [0.4, 0.5) is 0 Å². The average molecular weight is 420 g/mol. The van der Waals surface area contributed by atoms with E-state index >= 15 is 0 Å². The molecule has 1 aliphatic carbocycles. The minimum absolute atomic E-state index is 0.0473. The highest BCUT2D eigenvalue weighted by molar-refractivity contribution is 6.03. The number of aryl methyl sites for hydroxylation is 1. The van der Waals surface area contributed by atoms with Gasteiger partial charge in [-0.1, -0.05) is 67.3 Å². The Morgan fingerprint density at radius 1 is 1.10 bits per heavy atom. The van der Waals surface area contributed by atoms with Crippen molar-refractivity contribution in [2.45, 2.75) is 57.5 Å². The second kappa shape index (κ2) is 9.65. The normalized spacial score (nSPS) is 19.5. The molecule has 0 radical (unpaired) electrons. The molecule has 1 fully saturated rings. The summed E-state index contributed by atoms with van der Waals surface area (Å²) >= 11 is 0. The Labute approximate surface area is 185 Å². The van der Waals surface area contributed by atoms with Crippen LogP contribution in [0.15, 0.2) is 53.6 Å². The van der Waals surface area contributed by atoms with Gasteiger partial charge in [0.05, 0.1) is 25.4 Å². The molecule has 2 aromatic carbocycles. The Balaban J connectivity index is 1.60. The van der Waals surface area contributed by atoms with Crippen molar-refractivity contribution in [3.8, 4) is 5.75 Å². The lowest BCUT2D eigenvalue weighted by atomic mass is 9.94. The fraction of sp³-hybridized carbons (Fsp3) is 0.462. The van der Waals surface area contributed by atoms with Crippen LogP contribution in [0.2, 0.25) is 0 Å². The Kier molecular flexibility index (Phi) is 6.71. The molecule has 1 aliphatic heterocycles. The molecule has 2 aliphatic rings. The summed E-state index contributed by atoms with van der Waals surface area (Å²) in [6, 6.07) is 16.7. The number of hydrogen-bond donors (Lipinski definition) is 0. The second-order valence-corrected chi connectivity index (χ2v) is 8.82. The van der Waals surface area contributed by atoms with E-state index in [-0.39, 0.29) is 11.9 Å². The van der Waals surface area contributed by atoms with Crippen molar-refractivity contribution < 1.29 is 9.53 Å². The van der Waals surface area contributed by atoms with Crippen molar-refractivity contribution in [1.82, 2.24) is 9.91 Å². The van der Waals surface area contributed by atoms with Crippen LogP contribution in [-0.4, -0.2) is 48.3 Å². The topological polar surface area (TPSA) is 45.1 Å². The van der Waals surface area contributed by atoms with Crippen molar-refractivity contribution in [3.63, 3.8) is 0 Å². The number of benzene rings is 2. The maximum Gasteiger partial charge on any atom is 0.257 e. The maximum atomic E-state index is 13.4. The van der Waals surface area contributed by atoms with Gasteiger partial charge in [-0.2, -0.15) is 5.10 Å². The van der Waals surface area contributed by atoms with E-state index < -0.39 is 0 Å². The molecule has 0 spiro atoms. The SMILES string of the molecule is COc1ccccc1C1CC(c2ccc(C)cc2)=NN1C(=O)CN(C)C1CCCCC1. The molecule has 1 unspecified atom stereocenters. The number of nitrogens with zero attached hydrogens (tertiary/aromatic N) is 3. The number of methoxy groups -OCH3 is 1. The van der Waals surface area contributed by atoms with E-state index in [1.807, 2.05) is 24.3 Å². The third-order valence-corrected chi connectivity index (χ3v) is 6.63. The van der Waals surface area contributed by atoms with Gasteiger partial charge in [-0.05, 0) is 38.4 Å². The minimum atomic E-state index is -0.153. The van der Waals surface area contributed by atoms with Crippen LogP contribution in [0.1, 0.15) is 61.3 Å². The zero-order valence-corrected chi connectivity index (χ0v) is 18.9. The van der Waals surface area contributed by atoms with Gasteiger partial charge in [0.15, 0.2) is 0 Å². The Morgan fingerprint density at radius 2 is 1.81 bits per heavy atom. The summed E-state index contributed by atoms with van der Waals surface area (Å²) in [6.45, 7) is 2.47. The molecule has 1 saturated carbocycles. The number of carbonyl (C=O) groups excluding carboxylic acids is 1. The number of rotatable bonds is 6. The first kappa shape index (κ1) is 21.6. The molecule has 0 bridgehead atoms. The fourth-order valence-corrected chi connectivity index (χ4v) is 4.78. The van der Waals surface area contributed by atoms with Crippen LogP contribution in [-0.2, 0) is 4.79 Å². The predicted octanol–water partition coefficient (Wildman–Crippen LogP) is 4.95. The van der Waals surface area contributed by atoms with Gasteiger partial charge in [0.1, 0.15) is 5.75 Å². The maximum absolute atomic E-state index is 13.4. The molecule has 0 N–H and O–H groups in total. The molecule has 1 heterocycles. The molecule has 0 saturated heterocycles. The Morgan fingerprint density at radius 3 is 2.52 bits per heavy atom. The van der Waals surface area contributed by atoms with Crippen LogP contribution in [0.5, 0.6) is 5.75 Å². The van der Waals surface area contributed by atoms with E-state index in [9.17, 15) is 4.79 Å². The zero-order chi connectivity index (χ0) is 21.8. The summed E-state index contributed by atoms with van der Waals surface area (Å²) in [5, 5.41) is 6.54. The molecular weight excluding hydrogens is 386 g/mol. The zero-order valence-electron chi connectivity index (χ0n) is 18.9. The van der Waals surface area contributed by atoms with Crippen molar-refractivity contribution in [3.05, 3.63) is 65.2 Å². The monoisotopic (exact) mass is 419 g/mol. The van der Waals surface area contributed by atoms with Crippen molar-refractivity contribution in [1.29, 1.82) is 0 Å². The summed E-state index contributed by atoms with van der Waals surface area (Å²) in [4.78, 5) is 15.7. The highest BCUT2D eigenvalue weighted by Gasteiger charge is 2.35. The van der Waals surface area contributed by atoms with E-state index in [1.165, 1.54) is 37.7 Å². The van der Waals surface area contributed by atoms with Gasteiger partial charge in [-0.25, -0.2) is 5.01 Å². The third kappa shape index (κ3) is 4.82. The van der Waals surface area contributed by atoms with Crippen molar-refractivity contribution in [2.24, 2.45) is 5.10 Å². The first-order valence-electron chi connectivity index (χ1n) is 11.4. The third-order valence-electron chi connectivity index (χ3n) is 6.63. The summed E-state index contributed by atoms with van der Waals surface area (Å²) < 4.78 is 5.62. The molecule has 5 nitrogen and oxygen atoms in total. The molecule has 164 valence electrons. The van der Waals surface area contributed by atoms with Gasteiger partial charge in [0.2, 0.25) is 0 Å². The van der Waals surface area contributed by atoms with Gasteiger partial charge in [-0.15, -0.1) is 0 Å². The van der Waals surface area contributed by atoms with Crippen LogP contribution < -0.4 is 4.74 Å². The summed E-state index contributed by atoms with van der Waals surface area (Å²) in [7, 11) is 3.76. The molecular formula is C26H33N3O2. The van der Waals surface area contributed by atoms with E-state index in [4.69, 9.17) is 9.84 Å². The molecule has 4 rings (SSSR count). The molecule has 1 amide bonds. The molecule has 31 heavy (non-hydrogen) atoms. The van der Waals surface area contributed by atoms with Crippen molar-refractivity contribution in [2.75, 3.05) is 20.7 Å². The second-order valence-electron chi connectivity index (χ2n) is 8.82. The lowest BCUT2D eigenvalue weighted by molar-refractivity contribution is -0.134. The first-order chi connectivity index (χ1) is 15.1. The van der Waals surface area contributed by atoms with Crippen molar-refractivity contribution >= 4 is 11.6 Å². The molecule has 0 aromatic heterocycles. The van der Waals surface area contributed by atoms with Gasteiger partial charge < -0.3 is 4.74 Å². The van der Waals surface area contributed by atoms with E-state index in [0.717, 1.165) is 22.6 Å². The summed E-state index contributed by atoms with van der Waals surface area (Å²) in [5.74, 6) is 0.845. The van der Waals surface area contributed by atoms with Crippen LogP contribution >= 0.6 is 0 Å². The number of hydrazone groups is 1. The van der Waals surface area contributed by atoms with Gasteiger partial charge in [-0.3, -0.25) is 9.69 Å². The lowest BCUT2D eigenvalue weighted by Crippen LogP contribution is -2.42.